The molecule has 0 aromatic heterocycles. The quantitative estimate of drug-likeness (QED) is 0.707. The Kier molecular flexibility index (Phi) is 3.60. The van der Waals surface area contributed by atoms with Crippen molar-refractivity contribution in [3.05, 3.63) is 11.6 Å². The van der Waals surface area contributed by atoms with E-state index in [4.69, 9.17) is 4.74 Å². The SMILES string of the molecule is CC(C)(C)O[C@H]1CCCC2=CC(O)C(O)C[C@@]21C. The summed E-state index contributed by atoms with van der Waals surface area (Å²) in [6, 6.07) is 0. The van der Waals surface area contributed by atoms with Gasteiger partial charge in [-0.05, 0) is 46.5 Å². The third kappa shape index (κ3) is 2.63. The van der Waals surface area contributed by atoms with Crippen LogP contribution in [0.2, 0.25) is 0 Å². The Labute approximate surface area is 110 Å². The number of fused-ring (bicyclic) bond motifs is 1. The van der Waals surface area contributed by atoms with Gasteiger partial charge in [0, 0.05) is 5.41 Å². The van der Waals surface area contributed by atoms with Crippen LogP contribution in [0.3, 0.4) is 0 Å². The Hall–Kier alpha value is -0.380. The number of aliphatic hydroxyl groups is 2. The molecule has 0 amide bonds. The van der Waals surface area contributed by atoms with Gasteiger partial charge >= 0.3 is 0 Å². The summed E-state index contributed by atoms with van der Waals surface area (Å²) in [5.74, 6) is 0. The molecule has 0 aromatic rings. The Morgan fingerprint density at radius 1 is 1.33 bits per heavy atom. The summed E-state index contributed by atoms with van der Waals surface area (Å²) in [4.78, 5) is 0. The van der Waals surface area contributed by atoms with Crippen LogP contribution in [0.4, 0.5) is 0 Å². The molecule has 1 saturated carbocycles. The van der Waals surface area contributed by atoms with Crippen LogP contribution in [0.5, 0.6) is 0 Å². The lowest BCUT2D eigenvalue weighted by molar-refractivity contribution is -0.132. The summed E-state index contributed by atoms with van der Waals surface area (Å²) in [7, 11) is 0. The zero-order chi connectivity index (χ0) is 13.6. The third-order valence-electron chi connectivity index (χ3n) is 4.25. The van der Waals surface area contributed by atoms with Crippen molar-refractivity contribution >= 4 is 0 Å². The minimum atomic E-state index is -0.707. The molecule has 0 saturated heterocycles. The highest BCUT2D eigenvalue weighted by molar-refractivity contribution is 5.25. The van der Waals surface area contributed by atoms with Crippen LogP contribution in [0.1, 0.15) is 53.4 Å². The molecule has 0 heterocycles. The van der Waals surface area contributed by atoms with E-state index in [1.807, 2.05) is 6.08 Å². The summed E-state index contributed by atoms with van der Waals surface area (Å²) in [6.07, 6.45) is 4.38. The monoisotopic (exact) mass is 254 g/mol. The largest absolute Gasteiger partial charge is 0.390 e. The van der Waals surface area contributed by atoms with Crippen LogP contribution in [0.15, 0.2) is 11.6 Å². The maximum atomic E-state index is 9.95. The third-order valence-corrected chi connectivity index (χ3v) is 4.25. The predicted molar refractivity (Wildman–Crippen MR) is 71.3 cm³/mol. The van der Waals surface area contributed by atoms with Crippen molar-refractivity contribution in [2.24, 2.45) is 5.41 Å². The first-order chi connectivity index (χ1) is 8.22. The van der Waals surface area contributed by atoms with Gasteiger partial charge in [-0.25, -0.2) is 0 Å². The molecule has 2 N–H and O–H groups in total. The van der Waals surface area contributed by atoms with E-state index in [9.17, 15) is 10.2 Å². The molecule has 2 aliphatic rings. The molecule has 1 fully saturated rings. The Bertz CT molecular complexity index is 342. The first kappa shape index (κ1) is 14.0. The fourth-order valence-electron chi connectivity index (χ4n) is 3.31. The summed E-state index contributed by atoms with van der Waals surface area (Å²) >= 11 is 0. The lowest BCUT2D eigenvalue weighted by Gasteiger charge is -2.49. The van der Waals surface area contributed by atoms with Gasteiger partial charge in [-0.15, -0.1) is 0 Å². The van der Waals surface area contributed by atoms with Crippen molar-refractivity contribution < 1.29 is 14.9 Å². The second kappa shape index (κ2) is 4.62. The Morgan fingerprint density at radius 3 is 2.61 bits per heavy atom. The van der Waals surface area contributed by atoms with E-state index in [0.717, 1.165) is 19.3 Å². The van der Waals surface area contributed by atoms with Gasteiger partial charge in [-0.1, -0.05) is 18.6 Å². The summed E-state index contributed by atoms with van der Waals surface area (Å²) in [5, 5.41) is 19.7. The van der Waals surface area contributed by atoms with Gasteiger partial charge in [0.25, 0.3) is 0 Å². The molecule has 0 aliphatic heterocycles. The molecule has 104 valence electrons. The van der Waals surface area contributed by atoms with Gasteiger partial charge in [0.2, 0.25) is 0 Å². The highest BCUT2D eigenvalue weighted by Crippen LogP contribution is 2.49. The standard InChI is InChI=1S/C15H26O3/c1-14(2,3)18-13-7-5-6-10-8-11(16)12(17)9-15(10,13)4/h8,11-13,16-17H,5-7,9H2,1-4H3/t11?,12?,13-,15-/m0/s1. The fraction of sp³-hybridized carbons (Fsp3) is 0.867. The Balaban J connectivity index is 2.26. The van der Waals surface area contributed by atoms with Gasteiger partial charge in [-0.3, -0.25) is 0 Å². The average molecular weight is 254 g/mol. The van der Waals surface area contributed by atoms with Crippen molar-refractivity contribution in [2.45, 2.75) is 77.3 Å². The van der Waals surface area contributed by atoms with Crippen LogP contribution in [-0.4, -0.2) is 34.1 Å². The van der Waals surface area contributed by atoms with Crippen LogP contribution >= 0.6 is 0 Å². The lowest BCUT2D eigenvalue weighted by atomic mass is 9.63. The maximum Gasteiger partial charge on any atom is 0.0983 e. The van der Waals surface area contributed by atoms with Crippen LogP contribution in [0, 0.1) is 5.41 Å². The van der Waals surface area contributed by atoms with Crippen molar-refractivity contribution in [3.63, 3.8) is 0 Å². The number of ether oxygens (including phenoxy) is 1. The number of rotatable bonds is 1. The molecular weight excluding hydrogens is 228 g/mol. The van der Waals surface area contributed by atoms with Gasteiger partial charge in [0.05, 0.1) is 23.9 Å². The zero-order valence-electron chi connectivity index (χ0n) is 11.9. The molecule has 3 heteroatoms. The topological polar surface area (TPSA) is 49.7 Å². The second-order valence-corrected chi connectivity index (χ2v) is 6.98. The van der Waals surface area contributed by atoms with E-state index in [0.29, 0.717) is 6.42 Å². The highest BCUT2D eigenvalue weighted by Gasteiger charge is 2.47. The van der Waals surface area contributed by atoms with E-state index in [1.54, 1.807) is 0 Å². The summed E-state index contributed by atoms with van der Waals surface area (Å²) < 4.78 is 6.20. The molecule has 0 bridgehead atoms. The van der Waals surface area contributed by atoms with E-state index in [2.05, 4.69) is 27.7 Å². The van der Waals surface area contributed by atoms with Gasteiger partial charge in [0.1, 0.15) is 0 Å². The van der Waals surface area contributed by atoms with Crippen LogP contribution in [-0.2, 0) is 4.74 Å². The van der Waals surface area contributed by atoms with Crippen LogP contribution in [0.25, 0.3) is 0 Å². The minimum absolute atomic E-state index is 0.121. The zero-order valence-corrected chi connectivity index (χ0v) is 11.9. The van der Waals surface area contributed by atoms with E-state index in [1.165, 1.54) is 5.57 Å². The normalized spacial score (nSPS) is 41.2. The van der Waals surface area contributed by atoms with E-state index < -0.39 is 12.2 Å². The maximum absolute atomic E-state index is 9.95. The smallest absolute Gasteiger partial charge is 0.0983 e. The van der Waals surface area contributed by atoms with Crippen molar-refractivity contribution in [2.75, 3.05) is 0 Å². The molecule has 18 heavy (non-hydrogen) atoms. The molecule has 3 nitrogen and oxygen atoms in total. The molecular formula is C15H26O3. The molecule has 4 atom stereocenters. The van der Waals surface area contributed by atoms with Crippen molar-refractivity contribution in [1.82, 2.24) is 0 Å². The molecule has 2 unspecified atom stereocenters. The summed E-state index contributed by atoms with van der Waals surface area (Å²) in [6.45, 7) is 8.39. The number of hydrogen-bond acceptors (Lipinski definition) is 3. The predicted octanol–water partition coefficient (Wildman–Crippen LogP) is 2.41. The van der Waals surface area contributed by atoms with Gasteiger partial charge in [0.15, 0.2) is 0 Å². The Morgan fingerprint density at radius 2 is 2.00 bits per heavy atom. The van der Waals surface area contributed by atoms with E-state index in [-0.39, 0.29) is 17.1 Å². The molecule has 0 aromatic carbocycles. The van der Waals surface area contributed by atoms with Crippen molar-refractivity contribution in [3.8, 4) is 0 Å². The van der Waals surface area contributed by atoms with Crippen molar-refractivity contribution in [1.29, 1.82) is 0 Å². The first-order valence-electron chi connectivity index (χ1n) is 6.97. The van der Waals surface area contributed by atoms with Gasteiger partial charge < -0.3 is 14.9 Å². The van der Waals surface area contributed by atoms with Gasteiger partial charge in [-0.2, -0.15) is 0 Å². The average Bonchev–Trinajstić information content (AvgIpc) is 2.21. The molecule has 2 rings (SSSR count). The van der Waals surface area contributed by atoms with Crippen LogP contribution < -0.4 is 0 Å². The second-order valence-electron chi connectivity index (χ2n) is 6.98. The highest BCUT2D eigenvalue weighted by atomic mass is 16.5. The minimum Gasteiger partial charge on any atom is -0.390 e. The molecule has 2 aliphatic carbocycles. The fourth-order valence-corrected chi connectivity index (χ4v) is 3.31. The van der Waals surface area contributed by atoms with E-state index >= 15 is 0 Å². The number of aliphatic hydroxyl groups excluding tert-OH is 2. The summed E-state index contributed by atoms with van der Waals surface area (Å²) in [5.41, 5.74) is 0.974. The molecule has 0 radical (unpaired) electrons. The number of hydrogen-bond donors (Lipinski definition) is 2. The first-order valence-corrected chi connectivity index (χ1v) is 6.97. The molecule has 0 spiro atoms. The lowest BCUT2D eigenvalue weighted by Crippen LogP contribution is -2.49.